The fraction of sp³-hybridized carbons (Fsp3) is 0.478. The van der Waals surface area contributed by atoms with Crippen molar-refractivity contribution in [3.05, 3.63) is 55.7 Å². The minimum atomic E-state index is -0.266. The number of nitrogens with zero attached hydrogens (tertiary/aromatic N) is 2. The maximum Gasteiger partial charge on any atom is 0.243 e. The summed E-state index contributed by atoms with van der Waals surface area (Å²) >= 11 is 14.4. The number of thiophene rings is 1. The number of halogens is 2. The van der Waals surface area contributed by atoms with E-state index < -0.39 is 0 Å². The van der Waals surface area contributed by atoms with Crippen molar-refractivity contribution in [2.24, 2.45) is 0 Å². The molecule has 0 spiro atoms. The average molecular weight is 467 g/mol. The summed E-state index contributed by atoms with van der Waals surface area (Å²) in [7, 11) is 0. The van der Waals surface area contributed by atoms with E-state index in [1.807, 2.05) is 37.8 Å². The van der Waals surface area contributed by atoms with Crippen molar-refractivity contribution < 1.29 is 9.59 Å². The quantitative estimate of drug-likeness (QED) is 0.505. The molecular formula is C23H28Cl2N2O2S. The zero-order valence-corrected chi connectivity index (χ0v) is 20.0. The Bertz CT molecular complexity index is 914. The van der Waals surface area contributed by atoms with Crippen LogP contribution in [0, 0.1) is 0 Å². The molecule has 1 aromatic carbocycles. The first-order valence-electron chi connectivity index (χ1n) is 10.5. The van der Waals surface area contributed by atoms with E-state index in [-0.39, 0.29) is 30.4 Å². The van der Waals surface area contributed by atoms with E-state index in [4.69, 9.17) is 23.2 Å². The van der Waals surface area contributed by atoms with Crippen molar-refractivity contribution in [1.29, 1.82) is 0 Å². The van der Waals surface area contributed by atoms with Gasteiger partial charge in [0.25, 0.3) is 0 Å². The summed E-state index contributed by atoms with van der Waals surface area (Å²) < 4.78 is 0. The Morgan fingerprint density at radius 2 is 2.00 bits per heavy atom. The third-order valence-electron chi connectivity index (χ3n) is 5.76. The standard InChI is InChI=1S/C23H28Cl2N2O2S/c1-4-6-21(28)27(15(3)5-2)14-22(29)26-11-9-20-18(10-12-30-20)23(26)17-8-7-16(24)13-19(17)25/h7-8,10,12-13,15,23H,4-6,9,11,14H2,1-3H3. The van der Waals surface area contributed by atoms with Gasteiger partial charge in [-0.2, -0.15) is 0 Å². The van der Waals surface area contributed by atoms with Crippen molar-refractivity contribution in [3.63, 3.8) is 0 Å². The first-order chi connectivity index (χ1) is 14.4. The second kappa shape index (κ2) is 10.2. The van der Waals surface area contributed by atoms with Crippen LogP contribution < -0.4 is 0 Å². The van der Waals surface area contributed by atoms with Gasteiger partial charge in [-0.1, -0.05) is 43.1 Å². The number of hydrogen-bond acceptors (Lipinski definition) is 3. The molecule has 0 radical (unpaired) electrons. The Labute approximate surface area is 192 Å². The molecule has 2 amide bonds. The summed E-state index contributed by atoms with van der Waals surface area (Å²) in [5.74, 6) is -0.0119. The van der Waals surface area contributed by atoms with E-state index in [9.17, 15) is 9.59 Å². The number of fused-ring (bicyclic) bond motifs is 1. The Morgan fingerprint density at radius 3 is 2.67 bits per heavy atom. The molecule has 3 rings (SSSR count). The van der Waals surface area contributed by atoms with Crippen LogP contribution in [-0.2, 0) is 16.0 Å². The lowest BCUT2D eigenvalue weighted by Crippen LogP contribution is -2.49. The van der Waals surface area contributed by atoms with E-state index in [0.29, 0.717) is 23.0 Å². The van der Waals surface area contributed by atoms with Crippen LogP contribution in [0.1, 0.15) is 62.1 Å². The van der Waals surface area contributed by atoms with Gasteiger partial charge in [-0.3, -0.25) is 9.59 Å². The molecule has 2 unspecified atom stereocenters. The molecule has 0 bridgehead atoms. The number of carbonyl (C=O) groups excluding carboxylic acids is 2. The molecule has 2 aromatic rings. The van der Waals surface area contributed by atoms with Crippen molar-refractivity contribution >= 4 is 46.4 Å². The van der Waals surface area contributed by atoms with Crippen LogP contribution in [0.2, 0.25) is 10.0 Å². The van der Waals surface area contributed by atoms with Gasteiger partial charge in [0.1, 0.15) is 6.54 Å². The van der Waals surface area contributed by atoms with Gasteiger partial charge in [0.05, 0.1) is 6.04 Å². The summed E-state index contributed by atoms with van der Waals surface area (Å²) in [5.41, 5.74) is 1.97. The summed E-state index contributed by atoms with van der Waals surface area (Å²) in [6.07, 6.45) is 2.85. The van der Waals surface area contributed by atoms with Crippen molar-refractivity contribution in [1.82, 2.24) is 9.80 Å². The van der Waals surface area contributed by atoms with Gasteiger partial charge in [0.2, 0.25) is 11.8 Å². The molecule has 7 heteroatoms. The maximum atomic E-state index is 13.5. The van der Waals surface area contributed by atoms with Gasteiger partial charge in [-0.25, -0.2) is 0 Å². The van der Waals surface area contributed by atoms with Gasteiger partial charge in [-0.05, 0) is 60.9 Å². The molecule has 0 fully saturated rings. The van der Waals surface area contributed by atoms with Crippen LogP contribution in [0.3, 0.4) is 0 Å². The van der Waals surface area contributed by atoms with Crippen LogP contribution in [-0.4, -0.2) is 40.7 Å². The number of amides is 2. The Morgan fingerprint density at radius 1 is 1.23 bits per heavy atom. The highest BCUT2D eigenvalue weighted by atomic mass is 35.5. The third-order valence-corrected chi connectivity index (χ3v) is 7.31. The predicted octanol–water partition coefficient (Wildman–Crippen LogP) is 5.96. The lowest BCUT2D eigenvalue weighted by molar-refractivity contribution is -0.143. The predicted molar refractivity (Wildman–Crippen MR) is 124 cm³/mol. The second-order valence-electron chi connectivity index (χ2n) is 7.73. The Balaban J connectivity index is 1.94. The Hall–Kier alpha value is -1.56. The highest BCUT2D eigenvalue weighted by molar-refractivity contribution is 7.10. The lowest BCUT2D eigenvalue weighted by Gasteiger charge is -2.38. The van der Waals surface area contributed by atoms with Gasteiger partial charge < -0.3 is 9.80 Å². The van der Waals surface area contributed by atoms with E-state index in [0.717, 1.165) is 30.4 Å². The zero-order valence-electron chi connectivity index (χ0n) is 17.7. The van der Waals surface area contributed by atoms with Crippen LogP contribution in [0.5, 0.6) is 0 Å². The molecule has 2 heterocycles. The summed E-state index contributed by atoms with van der Waals surface area (Å²) in [6, 6.07) is 7.26. The van der Waals surface area contributed by atoms with E-state index in [1.54, 1.807) is 22.3 Å². The maximum absolute atomic E-state index is 13.5. The minimum Gasteiger partial charge on any atom is -0.331 e. The average Bonchev–Trinajstić information content (AvgIpc) is 3.20. The van der Waals surface area contributed by atoms with Crippen LogP contribution in [0.4, 0.5) is 0 Å². The molecular weight excluding hydrogens is 439 g/mol. The minimum absolute atomic E-state index is 0.0204. The van der Waals surface area contributed by atoms with E-state index in [1.165, 1.54) is 4.88 Å². The Kier molecular flexibility index (Phi) is 7.83. The van der Waals surface area contributed by atoms with Gasteiger partial charge in [-0.15, -0.1) is 11.3 Å². The number of benzene rings is 1. The monoisotopic (exact) mass is 466 g/mol. The van der Waals surface area contributed by atoms with Crippen molar-refractivity contribution in [3.8, 4) is 0 Å². The zero-order chi connectivity index (χ0) is 21.8. The molecule has 1 aromatic heterocycles. The molecule has 0 saturated heterocycles. The molecule has 2 atom stereocenters. The largest absolute Gasteiger partial charge is 0.331 e. The second-order valence-corrected chi connectivity index (χ2v) is 9.58. The molecule has 4 nitrogen and oxygen atoms in total. The molecule has 0 saturated carbocycles. The first-order valence-corrected chi connectivity index (χ1v) is 12.1. The molecule has 1 aliphatic heterocycles. The van der Waals surface area contributed by atoms with Gasteiger partial charge >= 0.3 is 0 Å². The summed E-state index contributed by atoms with van der Waals surface area (Å²) in [4.78, 5) is 31.1. The molecule has 1 aliphatic rings. The smallest absolute Gasteiger partial charge is 0.243 e. The third kappa shape index (κ3) is 4.84. The highest BCUT2D eigenvalue weighted by Crippen LogP contribution is 2.41. The van der Waals surface area contributed by atoms with Crippen LogP contribution in [0.15, 0.2) is 29.6 Å². The number of carbonyl (C=O) groups is 2. The van der Waals surface area contributed by atoms with Crippen molar-refractivity contribution in [2.75, 3.05) is 13.1 Å². The van der Waals surface area contributed by atoms with Crippen molar-refractivity contribution in [2.45, 2.75) is 58.5 Å². The van der Waals surface area contributed by atoms with Gasteiger partial charge in [0.15, 0.2) is 0 Å². The van der Waals surface area contributed by atoms with E-state index >= 15 is 0 Å². The van der Waals surface area contributed by atoms with E-state index in [2.05, 4.69) is 11.4 Å². The highest BCUT2D eigenvalue weighted by Gasteiger charge is 2.35. The molecule has 162 valence electrons. The first kappa shape index (κ1) is 23.1. The SMILES string of the molecule is CCCC(=O)N(CC(=O)N1CCc2sccc2C1c1ccc(Cl)cc1Cl)C(C)CC. The number of rotatable bonds is 7. The molecule has 30 heavy (non-hydrogen) atoms. The molecule has 0 aliphatic carbocycles. The summed E-state index contributed by atoms with van der Waals surface area (Å²) in [6.45, 7) is 6.72. The summed E-state index contributed by atoms with van der Waals surface area (Å²) in [5, 5.41) is 3.17. The number of hydrogen-bond donors (Lipinski definition) is 0. The topological polar surface area (TPSA) is 40.6 Å². The fourth-order valence-electron chi connectivity index (χ4n) is 3.95. The van der Waals surface area contributed by atoms with Crippen LogP contribution >= 0.6 is 34.5 Å². The molecule has 0 N–H and O–H groups in total. The normalized spacial score (nSPS) is 16.8. The van der Waals surface area contributed by atoms with Gasteiger partial charge in [0, 0.05) is 33.9 Å². The lowest BCUT2D eigenvalue weighted by atomic mass is 9.93. The van der Waals surface area contributed by atoms with Crippen LogP contribution in [0.25, 0.3) is 0 Å². The fourth-order valence-corrected chi connectivity index (χ4v) is 5.36.